The van der Waals surface area contributed by atoms with Crippen molar-refractivity contribution in [2.24, 2.45) is 0 Å². The van der Waals surface area contributed by atoms with Gasteiger partial charge in [0.1, 0.15) is 5.58 Å². The minimum absolute atomic E-state index is 0.714. The average molecular weight is 520 g/mol. The number of para-hydroxylation sites is 1. The van der Waals surface area contributed by atoms with E-state index in [0.29, 0.717) is 5.71 Å². The van der Waals surface area contributed by atoms with Crippen LogP contribution in [-0.4, -0.2) is 4.98 Å². The summed E-state index contributed by atoms with van der Waals surface area (Å²) in [5, 5.41) is 2.23. The van der Waals surface area contributed by atoms with Crippen molar-refractivity contribution in [2.45, 2.75) is 25.7 Å². The molecule has 0 saturated carbocycles. The molecule has 0 amide bonds. The lowest BCUT2D eigenvalue weighted by Crippen LogP contribution is -1.98. The van der Waals surface area contributed by atoms with E-state index in [-0.39, 0.29) is 0 Å². The number of benzene rings is 5. The standard InChI is InChI=1S/C39H21NO/c1-3-25-27-5-2-12-40-39(27)41-38(25)26(4-1)28-17-24-15-22-9-8-20-13-18-6-7-19-14-21-10-11-23-16-29(28)37-35(23)33(21)31(19)30(18)32(20)34(22)36(24)37/h1-12,17H,13-16H2. The summed E-state index contributed by atoms with van der Waals surface area (Å²) in [7, 11) is 0. The van der Waals surface area contributed by atoms with Gasteiger partial charge in [-0.05, 0) is 138 Å². The van der Waals surface area contributed by atoms with E-state index in [2.05, 4.69) is 71.7 Å². The van der Waals surface area contributed by atoms with E-state index in [1.807, 2.05) is 12.3 Å². The Hall–Kier alpha value is -4.95. The molecule has 2 heteroatoms. The normalized spacial score (nSPS) is 14.9. The van der Waals surface area contributed by atoms with E-state index >= 15 is 0 Å². The second-order valence-electron chi connectivity index (χ2n) is 12.6. The van der Waals surface area contributed by atoms with Gasteiger partial charge in [0, 0.05) is 22.5 Å². The van der Waals surface area contributed by atoms with E-state index in [0.717, 1.165) is 42.0 Å². The van der Waals surface area contributed by atoms with Gasteiger partial charge in [-0.25, -0.2) is 4.98 Å². The van der Waals surface area contributed by atoms with Gasteiger partial charge < -0.3 is 4.42 Å². The predicted octanol–water partition coefficient (Wildman–Crippen LogP) is 9.25. The number of furan rings is 1. The third kappa shape index (κ3) is 2.10. The zero-order valence-corrected chi connectivity index (χ0v) is 22.2. The summed E-state index contributed by atoms with van der Waals surface area (Å²) in [6, 6.07) is 27.8. The molecule has 0 fully saturated rings. The maximum absolute atomic E-state index is 6.50. The molecule has 2 aromatic heterocycles. The topological polar surface area (TPSA) is 26.0 Å². The summed E-state index contributed by atoms with van der Waals surface area (Å²) in [6.07, 6.45) is 5.86. The number of nitrogens with zero attached hydrogens (tertiary/aromatic N) is 1. The summed E-state index contributed by atoms with van der Waals surface area (Å²) in [6.45, 7) is 0. The van der Waals surface area contributed by atoms with Crippen molar-refractivity contribution in [2.75, 3.05) is 0 Å². The van der Waals surface area contributed by atoms with Crippen molar-refractivity contribution in [3.05, 3.63) is 124 Å². The van der Waals surface area contributed by atoms with Crippen LogP contribution in [0.1, 0.15) is 44.5 Å². The lowest BCUT2D eigenvalue weighted by Gasteiger charge is -2.23. The van der Waals surface area contributed by atoms with Crippen LogP contribution in [0.5, 0.6) is 0 Å². The smallest absolute Gasteiger partial charge is 0.227 e. The molecular weight excluding hydrogens is 498 g/mol. The number of aromatic nitrogens is 1. The van der Waals surface area contributed by atoms with Gasteiger partial charge in [0.15, 0.2) is 0 Å². The van der Waals surface area contributed by atoms with E-state index in [1.54, 1.807) is 0 Å². The Morgan fingerprint density at radius 1 is 0.463 bits per heavy atom. The molecule has 188 valence electrons. The largest absolute Gasteiger partial charge is 0.437 e. The molecule has 7 aromatic rings. The molecule has 5 aromatic carbocycles. The summed E-state index contributed by atoms with van der Waals surface area (Å²) in [4.78, 5) is 4.56. The monoisotopic (exact) mass is 519 g/mol. The molecule has 0 bridgehead atoms. The fraction of sp³-hybridized carbons (Fsp3) is 0.103. The molecule has 0 unspecified atom stereocenters. The van der Waals surface area contributed by atoms with E-state index in [1.165, 1.54) is 100 Å². The summed E-state index contributed by atoms with van der Waals surface area (Å²) in [5.41, 5.74) is 28.2. The first kappa shape index (κ1) is 20.0. The second kappa shape index (κ2) is 6.34. The zero-order valence-electron chi connectivity index (χ0n) is 22.2. The van der Waals surface area contributed by atoms with Crippen molar-refractivity contribution in [3.8, 4) is 55.6 Å². The first-order chi connectivity index (χ1) is 20.3. The van der Waals surface area contributed by atoms with Crippen molar-refractivity contribution in [1.29, 1.82) is 0 Å². The van der Waals surface area contributed by atoms with Gasteiger partial charge in [0.25, 0.3) is 0 Å². The molecule has 0 aliphatic heterocycles. The summed E-state index contributed by atoms with van der Waals surface area (Å²) in [5.74, 6) is 0. The molecule has 12 rings (SSSR count). The van der Waals surface area contributed by atoms with Crippen LogP contribution in [0.15, 0.2) is 83.4 Å². The minimum Gasteiger partial charge on any atom is -0.437 e. The molecule has 0 atom stereocenters. The molecule has 5 aliphatic rings. The lowest BCUT2D eigenvalue weighted by atomic mass is 9.80. The molecule has 41 heavy (non-hydrogen) atoms. The van der Waals surface area contributed by atoms with Gasteiger partial charge in [-0.1, -0.05) is 54.6 Å². The molecule has 5 aliphatic carbocycles. The lowest BCUT2D eigenvalue weighted by molar-refractivity contribution is 0.655. The molecule has 0 radical (unpaired) electrons. The first-order valence-electron chi connectivity index (χ1n) is 14.7. The number of pyridine rings is 1. The Balaban J connectivity index is 1.28. The van der Waals surface area contributed by atoms with Gasteiger partial charge in [-0.15, -0.1) is 0 Å². The van der Waals surface area contributed by atoms with Crippen LogP contribution >= 0.6 is 0 Å². The molecule has 0 spiro atoms. The van der Waals surface area contributed by atoms with E-state index < -0.39 is 0 Å². The van der Waals surface area contributed by atoms with Crippen LogP contribution in [-0.2, 0) is 25.7 Å². The highest BCUT2D eigenvalue weighted by Gasteiger charge is 2.42. The zero-order chi connectivity index (χ0) is 26.1. The maximum Gasteiger partial charge on any atom is 0.227 e. The quantitative estimate of drug-likeness (QED) is 0.216. The van der Waals surface area contributed by atoms with Crippen LogP contribution in [0, 0.1) is 0 Å². The van der Waals surface area contributed by atoms with Gasteiger partial charge in [0.05, 0.1) is 0 Å². The Labute approximate surface area is 235 Å². The van der Waals surface area contributed by atoms with E-state index in [4.69, 9.17) is 4.42 Å². The summed E-state index contributed by atoms with van der Waals surface area (Å²) < 4.78 is 6.50. The Bertz CT molecular complexity index is 2470. The Morgan fingerprint density at radius 3 is 1.66 bits per heavy atom. The second-order valence-corrected chi connectivity index (χ2v) is 12.6. The first-order valence-corrected chi connectivity index (χ1v) is 14.7. The third-order valence-corrected chi connectivity index (χ3v) is 10.7. The van der Waals surface area contributed by atoms with Crippen LogP contribution in [0.3, 0.4) is 0 Å². The fourth-order valence-electron chi connectivity index (χ4n) is 9.22. The molecule has 2 nitrogen and oxygen atoms in total. The van der Waals surface area contributed by atoms with Crippen molar-refractivity contribution >= 4 is 22.1 Å². The Morgan fingerprint density at radius 2 is 1.00 bits per heavy atom. The number of fused-ring (bicyclic) bond motifs is 3. The molecule has 2 heterocycles. The van der Waals surface area contributed by atoms with Gasteiger partial charge >= 0.3 is 0 Å². The van der Waals surface area contributed by atoms with Gasteiger partial charge in [0.2, 0.25) is 5.71 Å². The van der Waals surface area contributed by atoms with Crippen LogP contribution < -0.4 is 0 Å². The van der Waals surface area contributed by atoms with E-state index in [9.17, 15) is 0 Å². The Kier molecular flexibility index (Phi) is 3.09. The SMILES string of the molecule is c1cnc2oc3c(-c4cc5c6c7c4Cc4ccc8c(c4-7)-c4c(ccc7c4-c4c(ccc(c4-6)C5)C7)C8)cccc3c2c1. The van der Waals surface area contributed by atoms with Crippen LogP contribution in [0.25, 0.3) is 77.7 Å². The maximum atomic E-state index is 6.50. The highest BCUT2D eigenvalue weighted by Crippen LogP contribution is 2.63. The molecule has 0 saturated heterocycles. The van der Waals surface area contributed by atoms with Gasteiger partial charge in [-0.3, -0.25) is 0 Å². The van der Waals surface area contributed by atoms with Crippen molar-refractivity contribution in [1.82, 2.24) is 4.98 Å². The van der Waals surface area contributed by atoms with Crippen molar-refractivity contribution < 1.29 is 4.42 Å². The highest BCUT2D eigenvalue weighted by molar-refractivity contribution is 6.16. The number of hydrogen-bond acceptors (Lipinski definition) is 2. The van der Waals surface area contributed by atoms with Crippen LogP contribution in [0.2, 0.25) is 0 Å². The third-order valence-electron chi connectivity index (χ3n) is 10.7. The van der Waals surface area contributed by atoms with Gasteiger partial charge in [-0.2, -0.15) is 0 Å². The number of hydrogen-bond donors (Lipinski definition) is 0. The van der Waals surface area contributed by atoms with Crippen LogP contribution in [0.4, 0.5) is 0 Å². The fourth-order valence-corrected chi connectivity index (χ4v) is 9.22. The predicted molar refractivity (Wildman–Crippen MR) is 163 cm³/mol. The minimum atomic E-state index is 0.714. The molecule has 0 N–H and O–H groups in total. The highest BCUT2D eigenvalue weighted by atomic mass is 16.3. The summed E-state index contributed by atoms with van der Waals surface area (Å²) >= 11 is 0. The average Bonchev–Trinajstić information content (AvgIpc) is 3.78. The number of rotatable bonds is 1. The van der Waals surface area contributed by atoms with Crippen molar-refractivity contribution in [3.63, 3.8) is 0 Å². The molecular formula is C39H21NO.